The van der Waals surface area contributed by atoms with Crippen molar-refractivity contribution in [3.8, 4) is 0 Å². The molecule has 25 heavy (non-hydrogen) atoms. The Balaban J connectivity index is 2.07. The van der Waals surface area contributed by atoms with Gasteiger partial charge in [0, 0.05) is 11.9 Å². The van der Waals surface area contributed by atoms with Gasteiger partial charge in [0.05, 0.1) is 17.9 Å². The number of amides is 1. The molecule has 0 aromatic carbocycles. The van der Waals surface area contributed by atoms with E-state index in [0.717, 1.165) is 10.4 Å². The zero-order valence-electron chi connectivity index (χ0n) is 14.5. The Kier molecular flexibility index (Phi) is 7.21. The third-order valence-corrected chi connectivity index (χ3v) is 6.38. The molecule has 136 valence electrons. The third kappa shape index (κ3) is 4.93. The predicted molar refractivity (Wildman–Crippen MR) is 103 cm³/mol. The number of esters is 1. The second-order valence-electron chi connectivity index (χ2n) is 4.87. The Bertz CT molecular complexity index is 757. The van der Waals surface area contributed by atoms with E-state index in [1.165, 1.54) is 34.4 Å². The first kappa shape index (κ1) is 19.7. The maximum Gasteiger partial charge on any atom is 0.341 e. The number of rotatable bonds is 8. The van der Waals surface area contributed by atoms with E-state index in [2.05, 4.69) is 20.8 Å². The van der Waals surface area contributed by atoms with Crippen molar-refractivity contribution in [3.05, 3.63) is 16.0 Å². The lowest BCUT2D eigenvalue weighted by molar-refractivity contribution is -0.113. The number of hydrogen-bond acceptors (Lipinski definition) is 9. The molecule has 0 aliphatic carbocycles. The van der Waals surface area contributed by atoms with Gasteiger partial charge in [0.2, 0.25) is 11.0 Å². The first-order valence-corrected chi connectivity index (χ1v) is 10.3. The minimum atomic E-state index is -0.394. The van der Waals surface area contributed by atoms with Gasteiger partial charge in [-0.3, -0.25) is 4.79 Å². The highest BCUT2D eigenvalue weighted by Crippen LogP contribution is 2.34. The Hall–Kier alpha value is -1.65. The summed E-state index contributed by atoms with van der Waals surface area (Å²) in [7, 11) is 1.77. The minimum Gasteiger partial charge on any atom is -0.462 e. The highest BCUT2D eigenvalue weighted by molar-refractivity contribution is 8.01. The van der Waals surface area contributed by atoms with Crippen LogP contribution >= 0.6 is 34.4 Å². The topological polar surface area (TPSA) is 93.2 Å². The first-order valence-electron chi connectivity index (χ1n) is 7.73. The molecule has 2 N–H and O–H groups in total. The van der Waals surface area contributed by atoms with Crippen molar-refractivity contribution in [2.24, 2.45) is 0 Å². The SMILES string of the molecule is CCOC(=O)c1c(NC(=O)CSc2nnc(NC)s2)sc(C)c1CC. The van der Waals surface area contributed by atoms with Crippen molar-refractivity contribution >= 4 is 56.4 Å². The maximum absolute atomic E-state index is 12.3. The summed E-state index contributed by atoms with van der Waals surface area (Å²) in [4.78, 5) is 25.5. The molecule has 10 heteroatoms. The molecule has 0 saturated heterocycles. The van der Waals surface area contributed by atoms with Crippen molar-refractivity contribution in [1.29, 1.82) is 0 Å². The van der Waals surface area contributed by atoms with Crippen molar-refractivity contribution < 1.29 is 14.3 Å². The van der Waals surface area contributed by atoms with E-state index in [1.54, 1.807) is 14.0 Å². The lowest BCUT2D eigenvalue weighted by Crippen LogP contribution is -2.16. The van der Waals surface area contributed by atoms with Gasteiger partial charge in [0.25, 0.3) is 0 Å². The average Bonchev–Trinajstić information content (AvgIpc) is 3.16. The van der Waals surface area contributed by atoms with Crippen LogP contribution in [-0.2, 0) is 16.0 Å². The standard InChI is InChI=1S/C15H20N4O3S3/c1-5-9-8(3)24-12(11(9)13(21)22-6-2)17-10(20)7-23-15-19-18-14(16-4)25-15/h5-7H2,1-4H3,(H,16,18)(H,17,20). The monoisotopic (exact) mass is 400 g/mol. The Labute approximate surface area is 158 Å². The van der Waals surface area contributed by atoms with Crippen LogP contribution < -0.4 is 10.6 Å². The van der Waals surface area contributed by atoms with E-state index < -0.39 is 5.97 Å². The molecule has 2 aromatic heterocycles. The van der Waals surface area contributed by atoms with Gasteiger partial charge >= 0.3 is 5.97 Å². The van der Waals surface area contributed by atoms with Crippen molar-refractivity contribution in [3.63, 3.8) is 0 Å². The van der Waals surface area contributed by atoms with Gasteiger partial charge in [-0.2, -0.15) is 0 Å². The molecule has 0 atom stereocenters. The van der Waals surface area contributed by atoms with Crippen LogP contribution in [0.3, 0.4) is 0 Å². The summed E-state index contributed by atoms with van der Waals surface area (Å²) in [5.41, 5.74) is 1.40. The number of carbonyl (C=O) groups is 2. The molecule has 1 amide bonds. The number of thioether (sulfide) groups is 1. The van der Waals surface area contributed by atoms with Gasteiger partial charge in [-0.05, 0) is 25.8 Å². The Morgan fingerprint density at radius 2 is 2.00 bits per heavy atom. The van der Waals surface area contributed by atoms with Crippen molar-refractivity contribution in [2.45, 2.75) is 31.5 Å². The first-order chi connectivity index (χ1) is 12.0. The normalized spacial score (nSPS) is 10.6. The summed E-state index contributed by atoms with van der Waals surface area (Å²) in [5.74, 6) is -0.394. The van der Waals surface area contributed by atoms with E-state index in [1.807, 2.05) is 13.8 Å². The summed E-state index contributed by atoms with van der Waals surface area (Å²) >= 11 is 4.09. The van der Waals surface area contributed by atoms with Gasteiger partial charge < -0.3 is 15.4 Å². The summed E-state index contributed by atoms with van der Waals surface area (Å²) in [6.07, 6.45) is 0.707. The largest absolute Gasteiger partial charge is 0.462 e. The highest BCUT2D eigenvalue weighted by Gasteiger charge is 2.23. The molecule has 7 nitrogen and oxygen atoms in total. The van der Waals surface area contributed by atoms with E-state index in [4.69, 9.17) is 4.74 Å². The predicted octanol–water partition coefficient (Wildman–Crippen LogP) is 3.42. The molecule has 2 heterocycles. The summed E-state index contributed by atoms with van der Waals surface area (Å²) < 4.78 is 5.85. The number of thiophene rings is 1. The second-order valence-corrected chi connectivity index (χ2v) is 8.30. The summed E-state index contributed by atoms with van der Waals surface area (Å²) in [6, 6.07) is 0. The van der Waals surface area contributed by atoms with Crippen LogP contribution in [0.4, 0.5) is 10.1 Å². The molecule has 0 bridgehead atoms. The van der Waals surface area contributed by atoms with Crippen LogP contribution in [0.2, 0.25) is 0 Å². The summed E-state index contributed by atoms with van der Waals surface area (Å²) in [5, 5.41) is 14.9. The van der Waals surface area contributed by atoms with E-state index in [9.17, 15) is 9.59 Å². The molecule has 0 saturated carbocycles. The number of nitrogens with one attached hydrogen (secondary N) is 2. The van der Waals surface area contributed by atoms with E-state index >= 15 is 0 Å². The van der Waals surface area contributed by atoms with Gasteiger partial charge in [-0.15, -0.1) is 21.5 Å². The molecular weight excluding hydrogens is 380 g/mol. The molecule has 2 rings (SSSR count). The van der Waals surface area contributed by atoms with E-state index in [-0.39, 0.29) is 11.7 Å². The van der Waals surface area contributed by atoms with Gasteiger partial charge in [0.1, 0.15) is 5.00 Å². The minimum absolute atomic E-state index is 0.193. The molecule has 0 spiro atoms. The van der Waals surface area contributed by atoms with Crippen LogP contribution in [0.5, 0.6) is 0 Å². The number of aryl methyl sites for hydroxylation is 1. The van der Waals surface area contributed by atoms with Gasteiger partial charge in [0.15, 0.2) is 4.34 Å². The van der Waals surface area contributed by atoms with Gasteiger partial charge in [-0.1, -0.05) is 30.0 Å². The fourth-order valence-corrected chi connectivity index (χ4v) is 4.83. The lowest BCUT2D eigenvalue weighted by atomic mass is 10.1. The average molecular weight is 401 g/mol. The molecule has 2 aromatic rings. The highest BCUT2D eigenvalue weighted by atomic mass is 32.2. The fraction of sp³-hybridized carbons (Fsp3) is 0.467. The maximum atomic E-state index is 12.3. The Morgan fingerprint density at radius 1 is 1.24 bits per heavy atom. The fourth-order valence-electron chi connectivity index (χ4n) is 2.17. The summed E-state index contributed by atoms with van der Waals surface area (Å²) in [6.45, 7) is 5.98. The zero-order chi connectivity index (χ0) is 18.4. The smallest absolute Gasteiger partial charge is 0.341 e. The zero-order valence-corrected chi connectivity index (χ0v) is 16.9. The van der Waals surface area contributed by atoms with Crippen LogP contribution in [0.15, 0.2) is 4.34 Å². The number of ether oxygens (including phenoxy) is 1. The number of anilines is 2. The van der Waals surface area contributed by atoms with Crippen LogP contribution in [0, 0.1) is 6.92 Å². The molecule has 0 unspecified atom stereocenters. The number of carbonyl (C=O) groups excluding carboxylic acids is 2. The van der Waals surface area contributed by atoms with E-state index in [0.29, 0.717) is 33.1 Å². The number of aromatic nitrogens is 2. The van der Waals surface area contributed by atoms with Crippen LogP contribution in [0.25, 0.3) is 0 Å². The molecular formula is C15H20N4O3S3. The number of hydrogen-bond donors (Lipinski definition) is 2. The van der Waals surface area contributed by atoms with Gasteiger partial charge in [-0.25, -0.2) is 4.79 Å². The van der Waals surface area contributed by atoms with Crippen molar-refractivity contribution in [1.82, 2.24) is 10.2 Å². The van der Waals surface area contributed by atoms with Crippen LogP contribution in [-0.4, -0.2) is 41.5 Å². The number of nitrogens with zero attached hydrogens (tertiary/aromatic N) is 2. The quantitative estimate of drug-likeness (QED) is 0.518. The molecule has 0 radical (unpaired) electrons. The lowest BCUT2D eigenvalue weighted by Gasteiger charge is -2.07. The van der Waals surface area contributed by atoms with Crippen molar-refractivity contribution in [2.75, 3.05) is 30.0 Å². The third-order valence-electron chi connectivity index (χ3n) is 3.24. The molecule has 0 aliphatic rings. The molecule has 0 aliphatic heterocycles. The van der Waals surface area contributed by atoms with Crippen LogP contribution in [0.1, 0.15) is 34.6 Å². The second kappa shape index (κ2) is 9.16. The molecule has 0 fully saturated rings. The Morgan fingerprint density at radius 3 is 2.60 bits per heavy atom.